The van der Waals surface area contributed by atoms with Crippen molar-refractivity contribution < 1.29 is 9.53 Å². The van der Waals surface area contributed by atoms with Gasteiger partial charge in [-0.15, -0.1) is 0 Å². The molecule has 1 saturated heterocycles. The SMILES string of the molecule is O=C(Nc1ncc(-c2ccccc2)s1)C1COCCN1. The Morgan fingerprint density at radius 2 is 2.25 bits per heavy atom. The van der Waals surface area contributed by atoms with E-state index < -0.39 is 0 Å². The molecular formula is C14H15N3O2S. The van der Waals surface area contributed by atoms with Crippen LogP contribution in [0.5, 0.6) is 0 Å². The van der Waals surface area contributed by atoms with E-state index in [0.29, 0.717) is 24.9 Å². The third-order valence-electron chi connectivity index (χ3n) is 3.03. The summed E-state index contributed by atoms with van der Waals surface area (Å²) in [6.45, 7) is 1.76. The molecule has 0 spiro atoms. The van der Waals surface area contributed by atoms with Gasteiger partial charge in [0, 0.05) is 12.7 Å². The summed E-state index contributed by atoms with van der Waals surface area (Å²) < 4.78 is 5.28. The van der Waals surface area contributed by atoms with Gasteiger partial charge >= 0.3 is 0 Å². The third-order valence-corrected chi connectivity index (χ3v) is 3.99. The molecule has 1 fully saturated rings. The first kappa shape index (κ1) is 13.2. The standard InChI is InChI=1S/C14H15N3O2S/c18-13(11-9-19-7-6-15-11)17-14-16-8-12(20-14)10-4-2-1-3-5-10/h1-5,8,11,15H,6-7,9H2,(H,16,17,18). The predicted molar refractivity (Wildman–Crippen MR) is 78.8 cm³/mol. The van der Waals surface area contributed by atoms with E-state index in [-0.39, 0.29) is 11.9 Å². The monoisotopic (exact) mass is 289 g/mol. The lowest BCUT2D eigenvalue weighted by Gasteiger charge is -2.22. The molecule has 0 bridgehead atoms. The van der Waals surface area contributed by atoms with E-state index in [9.17, 15) is 4.79 Å². The molecule has 2 heterocycles. The average Bonchev–Trinajstić information content (AvgIpc) is 2.97. The van der Waals surface area contributed by atoms with Gasteiger partial charge in [0.05, 0.1) is 18.1 Å². The van der Waals surface area contributed by atoms with Crippen LogP contribution in [-0.2, 0) is 9.53 Å². The van der Waals surface area contributed by atoms with Gasteiger partial charge in [-0.05, 0) is 5.56 Å². The minimum Gasteiger partial charge on any atom is -0.378 e. The Hall–Kier alpha value is -1.76. The number of anilines is 1. The van der Waals surface area contributed by atoms with Gasteiger partial charge in [0.1, 0.15) is 6.04 Å². The van der Waals surface area contributed by atoms with Crippen molar-refractivity contribution in [3.63, 3.8) is 0 Å². The van der Waals surface area contributed by atoms with Crippen LogP contribution in [-0.4, -0.2) is 36.7 Å². The van der Waals surface area contributed by atoms with E-state index >= 15 is 0 Å². The number of carbonyl (C=O) groups is 1. The van der Waals surface area contributed by atoms with Crippen LogP contribution in [0, 0.1) is 0 Å². The van der Waals surface area contributed by atoms with Crippen LogP contribution in [0.4, 0.5) is 5.13 Å². The highest BCUT2D eigenvalue weighted by Gasteiger charge is 2.21. The molecule has 1 aromatic heterocycles. The summed E-state index contributed by atoms with van der Waals surface area (Å²) in [6, 6.07) is 9.69. The number of ether oxygens (including phenoxy) is 1. The number of nitrogens with one attached hydrogen (secondary N) is 2. The molecule has 20 heavy (non-hydrogen) atoms. The van der Waals surface area contributed by atoms with Gasteiger partial charge < -0.3 is 15.4 Å². The number of aromatic nitrogens is 1. The highest BCUT2D eigenvalue weighted by atomic mass is 32.1. The molecule has 0 radical (unpaired) electrons. The molecular weight excluding hydrogens is 274 g/mol. The minimum atomic E-state index is -0.298. The normalized spacial score (nSPS) is 18.7. The molecule has 3 rings (SSSR count). The Bertz CT molecular complexity index is 579. The smallest absolute Gasteiger partial charge is 0.245 e. The van der Waals surface area contributed by atoms with E-state index in [0.717, 1.165) is 10.4 Å². The highest BCUT2D eigenvalue weighted by molar-refractivity contribution is 7.19. The molecule has 1 aliphatic heterocycles. The van der Waals surface area contributed by atoms with Crippen LogP contribution in [0.2, 0.25) is 0 Å². The van der Waals surface area contributed by atoms with Crippen LogP contribution >= 0.6 is 11.3 Å². The van der Waals surface area contributed by atoms with Crippen LogP contribution in [0.1, 0.15) is 0 Å². The van der Waals surface area contributed by atoms with Crippen molar-refractivity contribution in [3.05, 3.63) is 36.5 Å². The van der Waals surface area contributed by atoms with Crippen LogP contribution < -0.4 is 10.6 Å². The fraction of sp³-hybridized carbons (Fsp3) is 0.286. The van der Waals surface area contributed by atoms with Gasteiger partial charge in [-0.25, -0.2) is 4.98 Å². The van der Waals surface area contributed by atoms with Crippen molar-refractivity contribution in [2.24, 2.45) is 0 Å². The fourth-order valence-corrected chi connectivity index (χ4v) is 2.82. The third kappa shape index (κ3) is 3.04. The molecule has 2 N–H and O–H groups in total. The Kier molecular flexibility index (Phi) is 4.05. The average molecular weight is 289 g/mol. The number of benzene rings is 1. The Labute approximate surface area is 121 Å². The molecule has 0 aliphatic carbocycles. The molecule has 1 amide bonds. The predicted octanol–water partition coefficient (Wildman–Crippen LogP) is 1.74. The molecule has 104 valence electrons. The summed E-state index contributed by atoms with van der Waals surface area (Å²) in [7, 11) is 0. The largest absolute Gasteiger partial charge is 0.378 e. The summed E-state index contributed by atoms with van der Waals surface area (Å²) in [5, 5.41) is 6.56. The number of thiazole rings is 1. The Morgan fingerprint density at radius 1 is 1.40 bits per heavy atom. The number of carbonyl (C=O) groups excluding carboxylic acids is 1. The number of hydrogen-bond donors (Lipinski definition) is 2. The van der Waals surface area contributed by atoms with Crippen LogP contribution in [0.3, 0.4) is 0 Å². The summed E-state index contributed by atoms with van der Waals surface area (Å²) in [5.74, 6) is -0.0985. The lowest BCUT2D eigenvalue weighted by Crippen LogP contribution is -2.48. The minimum absolute atomic E-state index is 0.0985. The molecule has 5 nitrogen and oxygen atoms in total. The van der Waals surface area contributed by atoms with Crippen molar-refractivity contribution in [1.82, 2.24) is 10.3 Å². The second kappa shape index (κ2) is 6.13. The Morgan fingerprint density at radius 3 is 3.00 bits per heavy atom. The number of rotatable bonds is 3. The van der Waals surface area contributed by atoms with E-state index in [2.05, 4.69) is 15.6 Å². The first-order valence-corrected chi connectivity index (χ1v) is 7.28. The molecule has 1 atom stereocenters. The fourth-order valence-electron chi connectivity index (χ4n) is 1.99. The second-order valence-electron chi connectivity index (χ2n) is 4.47. The maximum atomic E-state index is 12.0. The van der Waals surface area contributed by atoms with Gasteiger partial charge in [-0.3, -0.25) is 4.79 Å². The highest BCUT2D eigenvalue weighted by Crippen LogP contribution is 2.28. The number of amides is 1. The van der Waals surface area contributed by atoms with Crippen molar-refractivity contribution in [2.75, 3.05) is 25.1 Å². The van der Waals surface area contributed by atoms with Gasteiger partial charge in [0.2, 0.25) is 5.91 Å². The van der Waals surface area contributed by atoms with Crippen LogP contribution in [0.25, 0.3) is 10.4 Å². The topological polar surface area (TPSA) is 63.2 Å². The van der Waals surface area contributed by atoms with E-state index in [1.807, 2.05) is 30.3 Å². The van der Waals surface area contributed by atoms with Crippen molar-refractivity contribution in [2.45, 2.75) is 6.04 Å². The maximum Gasteiger partial charge on any atom is 0.245 e. The molecule has 1 aromatic carbocycles. The number of hydrogen-bond acceptors (Lipinski definition) is 5. The zero-order valence-corrected chi connectivity index (χ0v) is 11.7. The van der Waals surface area contributed by atoms with E-state index in [4.69, 9.17) is 4.74 Å². The van der Waals surface area contributed by atoms with E-state index in [1.165, 1.54) is 11.3 Å². The van der Waals surface area contributed by atoms with Crippen molar-refractivity contribution in [1.29, 1.82) is 0 Å². The molecule has 1 unspecified atom stereocenters. The first-order chi connectivity index (χ1) is 9.83. The quantitative estimate of drug-likeness (QED) is 0.903. The summed E-state index contributed by atoms with van der Waals surface area (Å²) in [4.78, 5) is 17.3. The molecule has 2 aromatic rings. The van der Waals surface area contributed by atoms with Crippen molar-refractivity contribution >= 4 is 22.4 Å². The maximum absolute atomic E-state index is 12.0. The lowest BCUT2D eigenvalue weighted by molar-refractivity contribution is -0.120. The summed E-state index contributed by atoms with van der Waals surface area (Å²) in [6.07, 6.45) is 1.78. The zero-order valence-electron chi connectivity index (χ0n) is 10.8. The van der Waals surface area contributed by atoms with Gasteiger partial charge in [-0.1, -0.05) is 41.7 Å². The summed E-state index contributed by atoms with van der Waals surface area (Å²) >= 11 is 1.47. The Balaban J connectivity index is 1.66. The number of morpholine rings is 1. The van der Waals surface area contributed by atoms with Crippen molar-refractivity contribution in [3.8, 4) is 10.4 Å². The van der Waals surface area contributed by atoms with Crippen LogP contribution in [0.15, 0.2) is 36.5 Å². The lowest BCUT2D eigenvalue weighted by atomic mass is 10.2. The summed E-state index contributed by atoms with van der Waals surface area (Å²) in [5.41, 5.74) is 1.10. The van der Waals surface area contributed by atoms with E-state index in [1.54, 1.807) is 6.20 Å². The number of nitrogens with zero attached hydrogens (tertiary/aromatic N) is 1. The first-order valence-electron chi connectivity index (χ1n) is 6.46. The second-order valence-corrected chi connectivity index (χ2v) is 5.50. The molecule has 6 heteroatoms. The molecule has 0 saturated carbocycles. The van der Waals surface area contributed by atoms with Gasteiger partial charge in [0.15, 0.2) is 5.13 Å². The van der Waals surface area contributed by atoms with Gasteiger partial charge in [0.25, 0.3) is 0 Å². The zero-order chi connectivity index (χ0) is 13.8. The molecule has 1 aliphatic rings. The van der Waals surface area contributed by atoms with Gasteiger partial charge in [-0.2, -0.15) is 0 Å².